The average molecular weight is 199 g/mol. The lowest BCUT2D eigenvalue weighted by atomic mass is 10.2. The lowest BCUT2D eigenvalue weighted by molar-refractivity contribution is 0.187. The summed E-state index contributed by atoms with van der Waals surface area (Å²) < 4.78 is 17.4. The number of anilines is 1. The van der Waals surface area contributed by atoms with Gasteiger partial charge in [-0.25, -0.2) is 9.18 Å². The van der Waals surface area contributed by atoms with E-state index in [2.05, 4.69) is 10.1 Å². The highest BCUT2D eigenvalue weighted by Crippen LogP contribution is 2.18. The smallest absolute Gasteiger partial charge is 0.411 e. The van der Waals surface area contributed by atoms with E-state index in [0.29, 0.717) is 0 Å². The van der Waals surface area contributed by atoms with Crippen LogP contribution in [-0.4, -0.2) is 18.3 Å². The third-order valence-corrected chi connectivity index (χ3v) is 1.70. The van der Waals surface area contributed by atoms with E-state index in [4.69, 9.17) is 5.11 Å². The Morgan fingerprint density at radius 1 is 1.64 bits per heavy atom. The summed E-state index contributed by atoms with van der Waals surface area (Å²) in [7, 11) is 1.20. The second kappa shape index (κ2) is 4.57. The quantitative estimate of drug-likeness (QED) is 0.758. The van der Waals surface area contributed by atoms with Gasteiger partial charge in [0.05, 0.1) is 19.4 Å². The Kier molecular flexibility index (Phi) is 3.41. The van der Waals surface area contributed by atoms with Crippen LogP contribution in [0.2, 0.25) is 0 Å². The summed E-state index contributed by atoms with van der Waals surface area (Å²) in [6.07, 6.45) is -0.703. The van der Waals surface area contributed by atoms with Crippen LogP contribution < -0.4 is 5.32 Å². The van der Waals surface area contributed by atoms with Gasteiger partial charge in [-0.3, -0.25) is 5.32 Å². The zero-order valence-corrected chi connectivity index (χ0v) is 7.58. The van der Waals surface area contributed by atoms with Gasteiger partial charge in [-0.15, -0.1) is 0 Å². The van der Waals surface area contributed by atoms with Crippen LogP contribution in [0.3, 0.4) is 0 Å². The van der Waals surface area contributed by atoms with Crippen LogP contribution in [-0.2, 0) is 11.3 Å². The first kappa shape index (κ1) is 10.5. The van der Waals surface area contributed by atoms with E-state index >= 15 is 0 Å². The van der Waals surface area contributed by atoms with Crippen molar-refractivity contribution >= 4 is 11.8 Å². The van der Waals surface area contributed by atoms with E-state index in [1.807, 2.05) is 0 Å². The number of carbonyl (C=O) groups is 1. The minimum Gasteiger partial charge on any atom is -0.453 e. The molecule has 0 fully saturated rings. The van der Waals surface area contributed by atoms with Crippen LogP contribution in [0.25, 0.3) is 0 Å². The molecule has 0 saturated carbocycles. The number of hydrogen-bond acceptors (Lipinski definition) is 3. The largest absolute Gasteiger partial charge is 0.453 e. The number of hydrogen-bond donors (Lipinski definition) is 2. The third kappa shape index (κ3) is 2.20. The van der Waals surface area contributed by atoms with E-state index in [-0.39, 0.29) is 11.3 Å². The van der Waals surface area contributed by atoms with Crippen molar-refractivity contribution in [1.82, 2.24) is 0 Å². The van der Waals surface area contributed by atoms with Crippen molar-refractivity contribution in [3.63, 3.8) is 0 Å². The molecule has 0 aromatic heterocycles. The monoisotopic (exact) mass is 199 g/mol. The van der Waals surface area contributed by atoms with Gasteiger partial charge < -0.3 is 9.84 Å². The SMILES string of the molecule is COC(=O)Nc1cccc(F)c1CO. The summed E-state index contributed by atoms with van der Waals surface area (Å²) in [4.78, 5) is 10.8. The molecular formula is C9H10FNO3. The highest BCUT2D eigenvalue weighted by atomic mass is 19.1. The second-order valence-corrected chi connectivity index (χ2v) is 2.54. The Hall–Kier alpha value is -1.62. The molecule has 0 unspecified atom stereocenters. The number of benzene rings is 1. The summed E-state index contributed by atoms with van der Waals surface area (Å²) in [6.45, 7) is -0.480. The predicted molar refractivity (Wildman–Crippen MR) is 48.4 cm³/mol. The van der Waals surface area contributed by atoms with Crippen molar-refractivity contribution in [2.45, 2.75) is 6.61 Å². The number of rotatable bonds is 2. The Balaban J connectivity index is 2.96. The van der Waals surface area contributed by atoms with Crippen molar-refractivity contribution in [2.24, 2.45) is 0 Å². The Morgan fingerprint density at radius 3 is 2.93 bits per heavy atom. The van der Waals surface area contributed by atoms with Crippen molar-refractivity contribution < 1.29 is 19.0 Å². The standard InChI is InChI=1S/C9H10FNO3/c1-14-9(13)11-8-4-2-3-7(10)6(8)5-12/h2-4,12H,5H2,1H3,(H,11,13). The minimum atomic E-state index is -0.703. The normalized spacial score (nSPS) is 9.64. The Morgan fingerprint density at radius 2 is 2.36 bits per heavy atom. The summed E-state index contributed by atoms with van der Waals surface area (Å²) in [5, 5.41) is 11.1. The zero-order valence-electron chi connectivity index (χ0n) is 7.58. The molecule has 1 aromatic carbocycles. The first-order valence-electron chi connectivity index (χ1n) is 3.92. The number of aliphatic hydroxyl groups is 1. The first-order chi connectivity index (χ1) is 6.69. The molecule has 0 bridgehead atoms. The van der Waals surface area contributed by atoms with Crippen molar-refractivity contribution in [2.75, 3.05) is 12.4 Å². The minimum absolute atomic E-state index is 0.0397. The predicted octanol–water partition coefficient (Wildman–Crippen LogP) is 1.50. The lowest BCUT2D eigenvalue weighted by Gasteiger charge is -2.08. The molecule has 0 aliphatic carbocycles. The zero-order chi connectivity index (χ0) is 10.6. The van der Waals surface area contributed by atoms with Crippen molar-refractivity contribution in [3.05, 3.63) is 29.6 Å². The molecule has 76 valence electrons. The van der Waals surface area contributed by atoms with Crippen LogP contribution in [0, 0.1) is 5.82 Å². The van der Waals surface area contributed by atoms with Crippen molar-refractivity contribution in [1.29, 1.82) is 0 Å². The number of ether oxygens (including phenoxy) is 1. The highest BCUT2D eigenvalue weighted by molar-refractivity contribution is 5.85. The number of amides is 1. The van der Waals surface area contributed by atoms with Gasteiger partial charge in [-0.1, -0.05) is 6.07 Å². The van der Waals surface area contributed by atoms with E-state index in [1.54, 1.807) is 0 Å². The molecule has 1 amide bonds. The molecule has 0 aliphatic heterocycles. The van der Waals surface area contributed by atoms with E-state index in [1.165, 1.54) is 25.3 Å². The van der Waals surface area contributed by atoms with Crippen LogP contribution in [0.5, 0.6) is 0 Å². The van der Waals surface area contributed by atoms with Crippen LogP contribution in [0.15, 0.2) is 18.2 Å². The summed E-state index contributed by atoms with van der Waals surface area (Å²) in [6, 6.07) is 4.11. The third-order valence-electron chi connectivity index (χ3n) is 1.70. The maximum Gasteiger partial charge on any atom is 0.411 e. The molecule has 0 spiro atoms. The summed E-state index contributed by atoms with van der Waals surface area (Å²) in [5.41, 5.74) is 0.247. The Labute approximate surface area is 80.3 Å². The molecule has 0 atom stereocenters. The van der Waals surface area contributed by atoms with Gasteiger partial charge in [0.2, 0.25) is 0 Å². The number of aliphatic hydroxyl groups excluding tert-OH is 1. The maximum atomic E-state index is 13.1. The highest BCUT2D eigenvalue weighted by Gasteiger charge is 2.09. The van der Waals surface area contributed by atoms with Gasteiger partial charge in [0.15, 0.2) is 0 Å². The summed E-state index contributed by atoms with van der Waals surface area (Å²) >= 11 is 0. The van der Waals surface area contributed by atoms with Gasteiger partial charge in [-0.05, 0) is 12.1 Å². The molecule has 1 aromatic rings. The maximum absolute atomic E-state index is 13.1. The number of carbonyl (C=O) groups excluding carboxylic acids is 1. The number of nitrogens with one attached hydrogen (secondary N) is 1. The van der Waals surface area contributed by atoms with Crippen molar-refractivity contribution in [3.8, 4) is 0 Å². The van der Waals surface area contributed by atoms with Gasteiger partial charge in [0.25, 0.3) is 0 Å². The molecule has 5 heteroatoms. The van der Waals surface area contributed by atoms with Gasteiger partial charge in [-0.2, -0.15) is 0 Å². The molecule has 14 heavy (non-hydrogen) atoms. The molecule has 1 rings (SSSR count). The first-order valence-corrected chi connectivity index (χ1v) is 3.92. The van der Waals surface area contributed by atoms with Crippen LogP contribution in [0.4, 0.5) is 14.9 Å². The molecule has 0 saturated heterocycles. The van der Waals surface area contributed by atoms with Crippen LogP contribution in [0.1, 0.15) is 5.56 Å². The fourth-order valence-electron chi connectivity index (χ4n) is 0.997. The number of halogens is 1. The Bertz CT molecular complexity index is 341. The topological polar surface area (TPSA) is 58.6 Å². The van der Waals surface area contributed by atoms with Gasteiger partial charge in [0.1, 0.15) is 5.82 Å². The van der Waals surface area contributed by atoms with Gasteiger partial charge in [0, 0.05) is 5.56 Å². The lowest BCUT2D eigenvalue weighted by Crippen LogP contribution is -2.13. The van der Waals surface area contributed by atoms with E-state index < -0.39 is 18.5 Å². The summed E-state index contributed by atoms with van der Waals surface area (Å²) in [5.74, 6) is -0.568. The van der Waals surface area contributed by atoms with E-state index in [9.17, 15) is 9.18 Å². The molecule has 2 N–H and O–H groups in total. The van der Waals surface area contributed by atoms with Crippen LogP contribution >= 0.6 is 0 Å². The van der Waals surface area contributed by atoms with E-state index in [0.717, 1.165) is 0 Å². The molecule has 4 nitrogen and oxygen atoms in total. The second-order valence-electron chi connectivity index (χ2n) is 2.54. The molecule has 0 aliphatic rings. The molecule has 0 radical (unpaired) electrons. The fraction of sp³-hybridized carbons (Fsp3) is 0.222. The molecule has 0 heterocycles. The number of methoxy groups -OCH3 is 1. The fourth-order valence-corrected chi connectivity index (χ4v) is 0.997. The average Bonchev–Trinajstić information content (AvgIpc) is 2.18. The molecular weight excluding hydrogens is 189 g/mol. The van der Waals surface area contributed by atoms with Gasteiger partial charge >= 0.3 is 6.09 Å².